The Bertz CT molecular complexity index is 954. The van der Waals surface area contributed by atoms with Gasteiger partial charge in [-0.15, -0.1) is 10.2 Å². The summed E-state index contributed by atoms with van der Waals surface area (Å²) in [4.78, 5) is 12.5. The summed E-state index contributed by atoms with van der Waals surface area (Å²) < 4.78 is 10.8. The van der Waals surface area contributed by atoms with Crippen LogP contribution in [-0.4, -0.2) is 29.3 Å². The zero-order chi connectivity index (χ0) is 20.1. The van der Waals surface area contributed by atoms with Crippen LogP contribution in [0.25, 0.3) is 11.3 Å². The van der Waals surface area contributed by atoms with Crippen molar-refractivity contribution in [2.24, 2.45) is 0 Å². The molecule has 1 heterocycles. The summed E-state index contributed by atoms with van der Waals surface area (Å²) in [6.45, 7) is 5.73. The molecular formula is C22H23N3O3. The van der Waals surface area contributed by atoms with Gasteiger partial charge in [-0.25, -0.2) is 0 Å². The zero-order valence-electron chi connectivity index (χ0n) is 16.4. The number of benzene rings is 2. The number of hydrogen-bond donors (Lipinski definition) is 1. The maximum atomic E-state index is 12.5. The molecule has 0 saturated carbocycles. The number of carbonyl (C=O) groups excluding carboxylic acids is 1. The van der Waals surface area contributed by atoms with Crippen LogP contribution in [-0.2, 0) is 4.79 Å². The van der Waals surface area contributed by atoms with Gasteiger partial charge < -0.3 is 14.8 Å². The third-order valence-corrected chi connectivity index (χ3v) is 4.53. The van der Waals surface area contributed by atoms with Crippen molar-refractivity contribution in [1.29, 1.82) is 0 Å². The normalized spacial score (nSPS) is 11.6. The van der Waals surface area contributed by atoms with Crippen LogP contribution in [0.4, 0.5) is 5.69 Å². The summed E-state index contributed by atoms with van der Waals surface area (Å²) in [6, 6.07) is 16.8. The molecule has 0 fully saturated rings. The van der Waals surface area contributed by atoms with Crippen molar-refractivity contribution < 1.29 is 14.3 Å². The van der Waals surface area contributed by atoms with E-state index in [9.17, 15) is 4.79 Å². The van der Waals surface area contributed by atoms with E-state index in [0.717, 1.165) is 28.1 Å². The SMILES string of the molecule is COc1ccc(-c2ccc(NC(=O)C(C)Oc3cccc(C)c3C)cc2)nn1. The molecule has 6 heteroatoms. The molecule has 1 atom stereocenters. The van der Waals surface area contributed by atoms with E-state index < -0.39 is 6.10 Å². The summed E-state index contributed by atoms with van der Waals surface area (Å²) in [5.41, 5.74) is 4.47. The number of ether oxygens (including phenoxy) is 2. The van der Waals surface area contributed by atoms with Crippen molar-refractivity contribution in [3.63, 3.8) is 0 Å². The molecule has 1 N–H and O–H groups in total. The second kappa shape index (κ2) is 8.52. The van der Waals surface area contributed by atoms with E-state index in [1.165, 1.54) is 0 Å². The van der Waals surface area contributed by atoms with Crippen molar-refractivity contribution in [2.45, 2.75) is 26.9 Å². The monoisotopic (exact) mass is 377 g/mol. The number of hydrogen-bond acceptors (Lipinski definition) is 5. The average Bonchev–Trinajstić information content (AvgIpc) is 2.72. The summed E-state index contributed by atoms with van der Waals surface area (Å²) >= 11 is 0. The highest BCUT2D eigenvalue weighted by Gasteiger charge is 2.16. The van der Waals surface area contributed by atoms with E-state index in [0.29, 0.717) is 11.6 Å². The quantitative estimate of drug-likeness (QED) is 0.698. The van der Waals surface area contributed by atoms with Crippen LogP contribution >= 0.6 is 0 Å². The van der Waals surface area contributed by atoms with Gasteiger partial charge in [-0.1, -0.05) is 24.3 Å². The molecule has 1 unspecified atom stereocenters. The van der Waals surface area contributed by atoms with Crippen LogP contribution in [0.15, 0.2) is 54.6 Å². The number of anilines is 1. The van der Waals surface area contributed by atoms with Gasteiger partial charge in [0.05, 0.1) is 12.8 Å². The van der Waals surface area contributed by atoms with Gasteiger partial charge in [-0.05, 0) is 56.2 Å². The molecule has 0 radical (unpaired) electrons. The Balaban J connectivity index is 1.64. The third-order valence-electron chi connectivity index (χ3n) is 4.53. The molecule has 0 saturated heterocycles. The number of nitrogens with one attached hydrogen (secondary N) is 1. The van der Waals surface area contributed by atoms with E-state index in [2.05, 4.69) is 15.5 Å². The Morgan fingerprint density at radius 2 is 1.75 bits per heavy atom. The Hall–Kier alpha value is -3.41. The summed E-state index contributed by atoms with van der Waals surface area (Å²) in [6.07, 6.45) is -0.618. The van der Waals surface area contributed by atoms with Crippen LogP contribution in [0.3, 0.4) is 0 Å². The first kappa shape index (κ1) is 19.4. The number of rotatable bonds is 6. The van der Waals surface area contributed by atoms with Crippen LogP contribution in [0.2, 0.25) is 0 Å². The molecule has 0 bridgehead atoms. The number of carbonyl (C=O) groups is 1. The highest BCUT2D eigenvalue weighted by Crippen LogP contribution is 2.23. The molecule has 6 nitrogen and oxygen atoms in total. The van der Waals surface area contributed by atoms with Gasteiger partial charge in [0.25, 0.3) is 5.91 Å². The van der Waals surface area contributed by atoms with Gasteiger partial charge in [0.15, 0.2) is 6.10 Å². The van der Waals surface area contributed by atoms with Crippen molar-refractivity contribution >= 4 is 11.6 Å². The molecule has 1 aromatic heterocycles. The van der Waals surface area contributed by atoms with Gasteiger partial charge in [-0.3, -0.25) is 4.79 Å². The lowest BCUT2D eigenvalue weighted by Gasteiger charge is -2.17. The second-order valence-corrected chi connectivity index (χ2v) is 6.49. The fraction of sp³-hybridized carbons (Fsp3) is 0.227. The minimum absolute atomic E-state index is 0.210. The van der Waals surface area contributed by atoms with Crippen LogP contribution in [0.5, 0.6) is 11.6 Å². The fourth-order valence-electron chi connectivity index (χ4n) is 2.65. The fourth-order valence-corrected chi connectivity index (χ4v) is 2.65. The standard InChI is InChI=1S/C22H23N3O3/c1-14-6-5-7-20(15(14)2)28-16(3)22(26)23-18-10-8-17(9-11-18)19-12-13-21(27-4)25-24-19/h5-13,16H,1-4H3,(H,23,26). The number of aryl methyl sites for hydroxylation is 1. The molecular weight excluding hydrogens is 354 g/mol. The maximum absolute atomic E-state index is 12.5. The lowest BCUT2D eigenvalue weighted by molar-refractivity contribution is -0.122. The predicted octanol–water partition coefficient (Wildman–Crippen LogP) is 4.18. The molecule has 0 aliphatic carbocycles. The lowest BCUT2D eigenvalue weighted by Crippen LogP contribution is -2.30. The zero-order valence-corrected chi connectivity index (χ0v) is 16.4. The van der Waals surface area contributed by atoms with E-state index in [1.54, 1.807) is 20.1 Å². The molecule has 144 valence electrons. The van der Waals surface area contributed by atoms with E-state index in [4.69, 9.17) is 9.47 Å². The first-order chi connectivity index (χ1) is 13.5. The highest BCUT2D eigenvalue weighted by atomic mass is 16.5. The van der Waals surface area contributed by atoms with Crippen LogP contribution in [0, 0.1) is 13.8 Å². The molecule has 0 aliphatic heterocycles. The second-order valence-electron chi connectivity index (χ2n) is 6.49. The topological polar surface area (TPSA) is 73.3 Å². The Kier molecular flexibility index (Phi) is 5.89. The van der Waals surface area contributed by atoms with Gasteiger partial charge in [-0.2, -0.15) is 0 Å². The molecule has 3 rings (SSSR count). The molecule has 0 aliphatic rings. The first-order valence-electron chi connectivity index (χ1n) is 9.00. The van der Waals surface area contributed by atoms with Crippen molar-refractivity contribution in [1.82, 2.24) is 10.2 Å². The largest absolute Gasteiger partial charge is 0.481 e. The number of methoxy groups -OCH3 is 1. The van der Waals surface area contributed by atoms with Crippen LogP contribution in [0.1, 0.15) is 18.1 Å². The molecule has 1 amide bonds. The molecule has 0 spiro atoms. The van der Waals surface area contributed by atoms with Crippen molar-refractivity contribution in [3.05, 3.63) is 65.7 Å². The van der Waals surface area contributed by atoms with Gasteiger partial charge in [0.2, 0.25) is 5.88 Å². The number of aromatic nitrogens is 2. The van der Waals surface area contributed by atoms with Crippen LogP contribution < -0.4 is 14.8 Å². The summed E-state index contributed by atoms with van der Waals surface area (Å²) in [5.74, 6) is 0.972. The average molecular weight is 377 g/mol. The first-order valence-corrected chi connectivity index (χ1v) is 9.00. The summed E-state index contributed by atoms with van der Waals surface area (Å²) in [5, 5.41) is 11.0. The Labute approximate surface area is 164 Å². The molecule has 2 aromatic carbocycles. The van der Waals surface area contributed by atoms with E-state index in [-0.39, 0.29) is 5.91 Å². The number of amides is 1. The lowest BCUT2D eigenvalue weighted by atomic mass is 10.1. The smallest absolute Gasteiger partial charge is 0.265 e. The third kappa shape index (κ3) is 4.46. The highest BCUT2D eigenvalue weighted by molar-refractivity contribution is 5.94. The molecule has 28 heavy (non-hydrogen) atoms. The predicted molar refractivity (Wildman–Crippen MR) is 109 cm³/mol. The van der Waals surface area contributed by atoms with Gasteiger partial charge in [0.1, 0.15) is 5.75 Å². The summed E-state index contributed by atoms with van der Waals surface area (Å²) in [7, 11) is 1.55. The van der Waals surface area contributed by atoms with Gasteiger partial charge >= 0.3 is 0 Å². The molecule has 3 aromatic rings. The number of nitrogens with zero attached hydrogens (tertiary/aromatic N) is 2. The van der Waals surface area contributed by atoms with Crippen molar-refractivity contribution in [3.8, 4) is 22.9 Å². The van der Waals surface area contributed by atoms with E-state index in [1.807, 2.05) is 62.4 Å². The minimum Gasteiger partial charge on any atom is -0.481 e. The van der Waals surface area contributed by atoms with Gasteiger partial charge in [0, 0.05) is 17.3 Å². The van der Waals surface area contributed by atoms with E-state index >= 15 is 0 Å². The minimum atomic E-state index is -0.618. The van der Waals surface area contributed by atoms with Crippen molar-refractivity contribution in [2.75, 3.05) is 12.4 Å². The maximum Gasteiger partial charge on any atom is 0.265 e. The Morgan fingerprint density at radius 3 is 2.39 bits per heavy atom. The Morgan fingerprint density at radius 1 is 1.00 bits per heavy atom.